The molecule has 2 heterocycles. The van der Waals surface area contributed by atoms with Crippen molar-refractivity contribution in [3.63, 3.8) is 0 Å². The van der Waals surface area contributed by atoms with Crippen LogP contribution in [0.1, 0.15) is 11.1 Å². The summed E-state index contributed by atoms with van der Waals surface area (Å²) in [4.78, 5) is 3.45. The van der Waals surface area contributed by atoms with Crippen molar-refractivity contribution in [1.29, 1.82) is 0 Å². The van der Waals surface area contributed by atoms with Crippen LogP contribution in [0.3, 0.4) is 0 Å². The number of benzene rings is 1. The molecule has 3 nitrogen and oxygen atoms in total. The molecule has 3 rings (SSSR count). The summed E-state index contributed by atoms with van der Waals surface area (Å²) in [7, 11) is 2.02. The van der Waals surface area contributed by atoms with Crippen molar-refractivity contribution in [2.45, 2.75) is 11.8 Å². The zero-order chi connectivity index (χ0) is 14.8. The quantitative estimate of drug-likeness (QED) is 0.541. The Labute approximate surface area is 152 Å². The van der Waals surface area contributed by atoms with Crippen molar-refractivity contribution in [3.8, 4) is 0 Å². The molecule has 0 saturated heterocycles. The van der Waals surface area contributed by atoms with Gasteiger partial charge in [0, 0.05) is 23.1 Å². The molecule has 22 heavy (non-hydrogen) atoms. The van der Waals surface area contributed by atoms with Crippen molar-refractivity contribution in [2.24, 2.45) is 7.05 Å². The van der Waals surface area contributed by atoms with E-state index in [0.29, 0.717) is 6.54 Å². The monoisotopic (exact) mass is 426 g/mol. The molecule has 1 N–H and O–H groups in total. The molecule has 0 atom stereocenters. The predicted molar refractivity (Wildman–Crippen MR) is 87.1 cm³/mol. The van der Waals surface area contributed by atoms with Crippen molar-refractivity contribution in [3.05, 3.63) is 58.9 Å². The zero-order valence-corrected chi connectivity index (χ0v) is 15.6. The number of thioether (sulfide) groups is 1. The van der Waals surface area contributed by atoms with Gasteiger partial charge in [-0.2, -0.15) is 0 Å². The number of aliphatic hydroxyl groups excluding tert-OH is 1. The third kappa shape index (κ3) is 3.64. The van der Waals surface area contributed by atoms with E-state index < -0.39 is 0 Å². The first-order chi connectivity index (χ1) is 10.2. The third-order valence-electron chi connectivity index (χ3n) is 3.46. The number of halogens is 1. The Balaban J connectivity index is 0.00000176. The highest BCUT2D eigenvalue weighted by molar-refractivity contribution is 8.03. The van der Waals surface area contributed by atoms with Gasteiger partial charge in [0.2, 0.25) is 0 Å². The molecule has 0 aliphatic carbocycles. The Morgan fingerprint density at radius 3 is 2.86 bits per heavy atom. The second kappa shape index (κ2) is 7.48. The molecule has 1 aromatic heterocycles. The third-order valence-corrected chi connectivity index (χ3v) is 4.57. The van der Waals surface area contributed by atoms with E-state index in [9.17, 15) is 5.11 Å². The van der Waals surface area contributed by atoms with Crippen LogP contribution in [0.25, 0.3) is 6.08 Å². The number of β-amino-alcohol motifs (C(OH)–C–C–N with tert-alkyl or cyclic N) is 1. The molecule has 2 aromatic rings. The summed E-state index contributed by atoms with van der Waals surface area (Å²) in [6.07, 6.45) is 6.29. The molecule has 0 unspecified atom stereocenters. The molecule has 0 fully saturated rings. The Morgan fingerprint density at radius 2 is 2.14 bits per heavy atom. The SMILES string of the molecule is Cc1ccc2c(c1)N(CCO)C(=Cc1ccc[n+](C)c1)S2.[I-]. The van der Waals surface area contributed by atoms with Crippen molar-refractivity contribution < 1.29 is 33.7 Å². The number of aromatic nitrogens is 1. The Bertz CT molecular complexity index is 703. The number of fused-ring (bicyclic) bond motifs is 1. The van der Waals surface area contributed by atoms with E-state index in [-0.39, 0.29) is 30.6 Å². The number of hydrogen-bond acceptors (Lipinski definition) is 3. The molecular formula is C17H19IN2OS. The molecule has 5 heteroatoms. The second-order valence-electron chi connectivity index (χ2n) is 5.23. The van der Waals surface area contributed by atoms with Gasteiger partial charge in [-0.05, 0) is 36.8 Å². The lowest BCUT2D eigenvalue weighted by Crippen LogP contribution is -3.00. The van der Waals surface area contributed by atoms with E-state index in [4.69, 9.17) is 0 Å². The fourth-order valence-electron chi connectivity index (χ4n) is 2.49. The Kier molecular flexibility index (Phi) is 5.88. The highest BCUT2D eigenvalue weighted by atomic mass is 127. The summed E-state index contributed by atoms with van der Waals surface area (Å²) in [6, 6.07) is 10.6. The molecule has 0 radical (unpaired) electrons. The molecular weight excluding hydrogens is 407 g/mol. The van der Waals surface area contributed by atoms with Crippen LogP contribution in [0.15, 0.2) is 52.7 Å². The topological polar surface area (TPSA) is 27.3 Å². The highest BCUT2D eigenvalue weighted by Crippen LogP contribution is 2.46. The summed E-state index contributed by atoms with van der Waals surface area (Å²) in [5.41, 5.74) is 3.60. The standard InChI is InChI=1S/C17H19N2OS.HI/c1-13-5-6-16-15(10-13)19(8-9-20)17(21-16)11-14-4-3-7-18(2)12-14;/h3-7,10-12,20H,8-9H2,1-2H3;1H/q+1;/p-1. The number of aliphatic hydroxyl groups is 1. The van der Waals surface area contributed by atoms with E-state index in [0.717, 1.165) is 10.6 Å². The summed E-state index contributed by atoms with van der Waals surface area (Å²) >= 11 is 1.76. The smallest absolute Gasteiger partial charge is 0.175 e. The molecule has 0 spiro atoms. The number of pyridine rings is 1. The Morgan fingerprint density at radius 1 is 1.32 bits per heavy atom. The fourth-order valence-corrected chi connectivity index (χ4v) is 3.62. The molecule has 1 aliphatic heterocycles. The first kappa shape index (κ1) is 17.3. The summed E-state index contributed by atoms with van der Waals surface area (Å²) in [6.45, 7) is 2.86. The Hall–Kier alpha value is -1.05. The minimum atomic E-state index is 0. The van der Waals surface area contributed by atoms with Crippen LogP contribution in [0.4, 0.5) is 5.69 Å². The molecule has 1 aromatic carbocycles. The van der Waals surface area contributed by atoms with Gasteiger partial charge in [0.15, 0.2) is 12.4 Å². The first-order valence-corrected chi connectivity index (χ1v) is 7.83. The van der Waals surface area contributed by atoms with Crippen LogP contribution in [-0.2, 0) is 7.05 Å². The van der Waals surface area contributed by atoms with E-state index in [1.54, 1.807) is 11.8 Å². The van der Waals surface area contributed by atoms with Gasteiger partial charge in [-0.1, -0.05) is 17.8 Å². The van der Waals surface area contributed by atoms with E-state index in [1.165, 1.54) is 16.1 Å². The van der Waals surface area contributed by atoms with Crippen molar-refractivity contribution >= 4 is 23.5 Å². The largest absolute Gasteiger partial charge is 1.00 e. The van der Waals surface area contributed by atoms with Crippen LogP contribution >= 0.6 is 11.8 Å². The van der Waals surface area contributed by atoms with Gasteiger partial charge in [-0.15, -0.1) is 0 Å². The fraction of sp³-hybridized carbons (Fsp3) is 0.235. The van der Waals surface area contributed by atoms with Crippen molar-refractivity contribution in [2.75, 3.05) is 18.1 Å². The summed E-state index contributed by atoms with van der Waals surface area (Å²) < 4.78 is 2.04. The second-order valence-corrected chi connectivity index (χ2v) is 6.30. The van der Waals surface area contributed by atoms with Crippen LogP contribution in [0, 0.1) is 6.92 Å². The molecule has 116 valence electrons. The van der Waals surface area contributed by atoms with Crippen LogP contribution < -0.4 is 33.4 Å². The zero-order valence-electron chi connectivity index (χ0n) is 12.7. The highest BCUT2D eigenvalue weighted by Gasteiger charge is 2.24. The number of hydrogen-bond donors (Lipinski definition) is 1. The van der Waals surface area contributed by atoms with Crippen LogP contribution in [0.5, 0.6) is 0 Å². The van der Waals surface area contributed by atoms with Crippen molar-refractivity contribution in [1.82, 2.24) is 0 Å². The minimum Gasteiger partial charge on any atom is -1.00 e. The summed E-state index contributed by atoms with van der Waals surface area (Å²) in [5, 5.41) is 10.5. The van der Waals surface area contributed by atoms with E-state index >= 15 is 0 Å². The molecule has 0 bridgehead atoms. The maximum atomic E-state index is 9.37. The van der Waals surface area contributed by atoms with Gasteiger partial charge in [-0.3, -0.25) is 0 Å². The molecule has 1 aliphatic rings. The van der Waals surface area contributed by atoms with Gasteiger partial charge >= 0.3 is 0 Å². The van der Waals surface area contributed by atoms with Crippen LogP contribution in [0.2, 0.25) is 0 Å². The number of aryl methyl sites for hydroxylation is 2. The van der Waals surface area contributed by atoms with E-state index in [1.807, 2.05) is 23.9 Å². The summed E-state index contributed by atoms with van der Waals surface area (Å²) in [5.74, 6) is 0. The number of anilines is 1. The average Bonchev–Trinajstić information content (AvgIpc) is 2.77. The van der Waals surface area contributed by atoms with Gasteiger partial charge < -0.3 is 34.0 Å². The lowest BCUT2D eigenvalue weighted by Gasteiger charge is -2.19. The maximum absolute atomic E-state index is 9.37. The first-order valence-electron chi connectivity index (χ1n) is 7.01. The van der Waals surface area contributed by atoms with Gasteiger partial charge in [0.25, 0.3) is 0 Å². The van der Waals surface area contributed by atoms with Crippen LogP contribution in [-0.4, -0.2) is 18.3 Å². The molecule has 0 amide bonds. The maximum Gasteiger partial charge on any atom is 0.175 e. The van der Waals surface area contributed by atoms with E-state index in [2.05, 4.69) is 48.4 Å². The lowest BCUT2D eigenvalue weighted by atomic mass is 10.2. The molecule has 0 saturated carbocycles. The predicted octanol–water partition coefficient (Wildman–Crippen LogP) is -0.273. The number of rotatable bonds is 3. The average molecular weight is 426 g/mol. The number of nitrogens with zero attached hydrogens (tertiary/aromatic N) is 2. The van der Waals surface area contributed by atoms with Gasteiger partial charge in [-0.25, -0.2) is 4.57 Å². The van der Waals surface area contributed by atoms with Gasteiger partial charge in [0.05, 0.1) is 17.3 Å². The normalized spacial score (nSPS) is 14.9. The van der Waals surface area contributed by atoms with Gasteiger partial charge in [0.1, 0.15) is 7.05 Å². The lowest BCUT2D eigenvalue weighted by molar-refractivity contribution is -0.671. The minimum absolute atomic E-state index is 0.